The van der Waals surface area contributed by atoms with Crippen molar-refractivity contribution in [1.29, 1.82) is 0 Å². The number of benzene rings is 1. The van der Waals surface area contributed by atoms with E-state index in [0.717, 1.165) is 24.2 Å². The van der Waals surface area contributed by atoms with Crippen LogP contribution in [0.5, 0.6) is 5.75 Å². The lowest BCUT2D eigenvalue weighted by Gasteiger charge is -2.23. The van der Waals surface area contributed by atoms with E-state index in [9.17, 15) is 4.79 Å². The largest absolute Gasteiger partial charge is 0.497 e. The van der Waals surface area contributed by atoms with E-state index in [0.29, 0.717) is 13.1 Å². The van der Waals surface area contributed by atoms with Crippen LogP contribution in [0.3, 0.4) is 0 Å². The molecular weight excluding hydrogens is 304 g/mol. The molecule has 1 saturated heterocycles. The molecule has 0 unspecified atom stereocenters. The average Bonchev–Trinajstić information content (AvgIpc) is 3.05. The van der Waals surface area contributed by atoms with E-state index in [1.54, 1.807) is 13.3 Å². The van der Waals surface area contributed by atoms with Crippen molar-refractivity contribution in [3.63, 3.8) is 0 Å². The Bertz CT molecular complexity index is 722. The van der Waals surface area contributed by atoms with Gasteiger partial charge in [-0.2, -0.15) is 5.10 Å². The Labute approximate surface area is 141 Å². The number of methoxy groups -OCH3 is 1. The molecule has 0 radical (unpaired) electrons. The van der Waals surface area contributed by atoms with Crippen LogP contribution in [0.15, 0.2) is 42.7 Å². The Kier molecular flexibility index (Phi) is 3.57. The highest BCUT2D eigenvalue weighted by Gasteiger charge is 2.55. The summed E-state index contributed by atoms with van der Waals surface area (Å²) in [6.07, 6.45) is 5.31. The summed E-state index contributed by atoms with van der Waals surface area (Å²) in [5.41, 5.74) is 7.03. The fourth-order valence-electron chi connectivity index (χ4n) is 3.67. The third-order valence-electron chi connectivity index (χ3n) is 5.26. The van der Waals surface area contributed by atoms with Gasteiger partial charge in [-0.15, -0.1) is 0 Å². The van der Waals surface area contributed by atoms with Crippen LogP contribution in [0, 0.1) is 0 Å². The molecule has 24 heavy (non-hydrogen) atoms. The predicted octanol–water partition coefficient (Wildman–Crippen LogP) is 1.33. The van der Waals surface area contributed by atoms with Gasteiger partial charge in [0, 0.05) is 37.4 Å². The third kappa shape index (κ3) is 2.38. The first kappa shape index (κ1) is 15.2. The van der Waals surface area contributed by atoms with Gasteiger partial charge in [0.25, 0.3) is 5.91 Å². The summed E-state index contributed by atoms with van der Waals surface area (Å²) in [6, 6.07) is 9.78. The Hall–Kier alpha value is -2.34. The quantitative estimate of drug-likeness (QED) is 0.920. The number of likely N-dealkylation sites (tertiary alicyclic amines) is 1. The zero-order valence-electron chi connectivity index (χ0n) is 13.8. The first-order valence-corrected chi connectivity index (χ1v) is 8.33. The summed E-state index contributed by atoms with van der Waals surface area (Å²) in [5, 5.41) is 4.28. The summed E-state index contributed by atoms with van der Waals surface area (Å²) in [7, 11) is 1.65. The molecule has 2 N–H and O–H groups in total. The van der Waals surface area contributed by atoms with Crippen LogP contribution >= 0.6 is 0 Å². The lowest BCUT2D eigenvalue weighted by atomic mass is 9.95. The van der Waals surface area contributed by atoms with Gasteiger partial charge < -0.3 is 15.4 Å². The minimum Gasteiger partial charge on any atom is -0.497 e. The second-order valence-corrected chi connectivity index (χ2v) is 6.74. The molecule has 2 atom stereocenters. The standard InChI is InChI=1S/C18H22N4O2/c1-24-14-5-3-13(4-6-14)15-11-21(12-16(15)19)17(23)18(7-8-18)22-10-2-9-20-22/h2-6,9-10,15-16H,7-8,11-12,19H2,1H3/t15-,16+/m0/s1. The molecule has 4 rings (SSSR count). The van der Waals surface area contributed by atoms with Crippen molar-refractivity contribution in [2.45, 2.75) is 30.3 Å². The molecule has 0 spiro atoms. The number of hydrogen-bond acceptors (Lipinski definition) is 4. The van der Waals surface area contributed by atoms with Gasteiger partial charge in [-0.3, -0.25) is 9.48 Å². The van der Waals surface area contributed by atoms with Gasteiger partial charge >= 0.3 is 0 Å². The van der Waals surface area contributed by atoms with E-state index < -0.39 is 5.54 Å². The van der Waals surface area contributed by atoms with Crippen molar-refractivity contribution >= 4 is 5.91 Å². The van der Waals surface area contributed by atoms with Crippen LogP contribution in [0.4, 0.5) is 0 Å². The molecule has 1 aliphatic carbocycles. The maximum Gasteiger partial charge on any atom is 0.250 e. The highest BCUT2D eigenvalue weighted by atomic mass is 16.5. The van der Waals surface area contributed by atoms with Crippen LogP contribution in [0.1, 0.15) is 24.3 Å². The number of rotatable bonds is 4. The summed E-state index contributed by atoms with van der Waals surface area (Å²) in [6.45, 7) is 1.26. The van der Waals surface area contributed by atoms with Crippen LogP contribution in [-0.4, -0.2) is 46.8 Å². The zero-order valence-corrected chi connectivity index (χ0v) is 13.8. The fourth-order valence-corrected chi connectivity index (χ4v) is 3.67. The van der Waals surface area contributed by atoms with Gasteiger partial charge in [0.05, 0.1) is 7.11 Å². The van der Waals surface area contributed by atoms with Crippen LogP contribution in [-0.2, 0) is 10.3 Å². The SMILES string of the molecule is COc1ccc([C@@H]2CN(C(=O)C3(n4cccn4)CC3)C[C@H]2N)cc1. The number of carbonyl (C=O) groups is 1. The average molecular weight is 326 g/mol. The minimum atomic E-state index is -0.474. The molecule has 2 aliphatic rings. The number of aromatic nitrogens is 2. The fraction of sp³-hybridized carbons (Fsp3) is 0.444. The second kappa shape index (κ2) is 5.63. The molecule has 0 bridgehead atoms. The molecular formula is C18H22N4O2. The smallest absolute Gasteiger partial charge is 0.250 e. The number of amides is 1. The summed E-state index contributed by atoms with van der Waals surface area (Å²) in [4.78, 5) is 15.0. The maximum absolute atomic E-state index is 13.0. The topological polar surface area (TPSA) is 73.4 Å². The first-order valence-electron chi connectivity index (χ1n) is 8.33. The zero-order chi connectivity index (χ0) is 16.7. The van der Waals surface area contributed by atoms with Crippen LogP contribution < -0.4 is 10.5 Å². The normalized spacial score (nSPS) is 24.8. The molecule has 2 aromatic rings. The molecule has 1 aromatic heterocycles. The molecule has 2 fully saturated rings. The van der Waals surface area contributed by atoms with Crippen molar-refractivity contribution in [3.8, 4) is 5.75 Å². The second-order valence-electron chi connectivity index (χ2n) is 6.74. The van der Waals surface area contributed by atoms with Crippen molar-refractivity contribution in [2.75, 3.05) is 20.2 Å². The van der Waals surface area contributed by atoms with Gasteiger partial charge in [-0.05, 0) is 36.6 Å². The van der Waals surface area contributed by atoms with E-state index in [1.807, 2.05) is 46.1 Å². The number of hydrogen-bond donors (Lipinski definition) is 1. The summed E-state index contributed by atoms with van der Waals surface area (Å²) >= 11 is 0. The third-order valence-corrected chi connectivity index (χ3v) is 5.26. The van der Waals surface area contributed by atoms with Gasteiger partial charge in [0.2, 0.25) is 0 Å². The lowest BCUT2D eigenvalue weighted by Crippen LogP contribution is -2.42. The monoisotopic (exact) mass is 326 g/mol. The molecule has 6 nitrogen and oxygen atoms in total. The Morgan fingerprint density at radius 1 is 1.29 bits per heavy atom. The first-order chi connectivity index (χ1) is 11.6. The molecule has 2 heterocycles. The molecule has 1 aromatic carbocycles. The Balaban J connectivity index is 1.51. The molecule has 1 amide bonds. The highest BCUT2D eigenvalue weighted by molar-refractivity contribution is 5.87. The van der Waals surface area contributed by atoms with E-state index in [1.165, 1.54) is 0 Å². The number of nitrogens with zero attached hydrogens (tertiary/aromatic N) is 3. The van der Waals surface area contributed by atoms with Gasteiger partial charge in [-0.1, -0.05) is 12.1 Å². The Morgan fingerprint density at radius 2 is 2.04 bits per heavy atom. The van der Waals surface area contributed by atoms with E-state index in [4.69, 9.17) is 10.5 Å². The number of carbonyl (C=O) groups excluding carboxylic acids is 1. The van der Waals surface area contributed by atoms with Crippen molar-refractivity contribution in [2.24, 2.45) is 5.73 Å². The van der Waals surface area contributed by atoms with E-state index >= 15 is 0 Å². The van der Waals surface area contributed by atoms with Crippen molar-refractivity contribution < 1.29 is 9.53 Å². The maximum atomic E-state index is 13.0. The van der Waals surface area contributed by atoms with Gasteiger partial charge in [-0.25, -0.2) is 0 Å². The highest BCUT2D eigenvalue weighted by Crippen LogP contribution is 2.45. The van der Waals surface area contributed by atoms with Gasteiger partial charge in [0.1, 0.15) is 11.3 Å². The molecule has 1 saturated carbocycles. The van der Waals surface area contributed by atoms with Crippen LogP contribution in [0.25, 0.3) is 0 Å². The lowest BCUT2D eigenvalue weighted by molar-refractivity contribution is -0.135. The van der Waals surface area contributed by atoms with E-state index in [2.05, 4.69) is 5.10 Å². The summed E-state index contributed by atoms with van der Waals surface area (Å²) in [5.74, 6) is 1.14. The summed E-state index contributed by atoms with van der Waals surface area (Å²) < 4.78 is 7.01. The molecule has 1 aliphatic heterocycles. The van der Waals surface area contributed by atoms with E-state index in [-0.39, 0.29) is 17.9 Å². The predicted molar refractivity (Wildman–Crippen MR) is 89.7 cm³/mol. The molecule has 6 heteroatoms. The van der Waals surface area contributed by atoms with Crippen molar-refractivity contribution in [3.05, 3.63) is 48.3 Å². The minimum absolute atomic E-state index is 0.0456. The van der Waals surface area contributed by atoms with Crippen LogP contribution in [0.2, 0.25) is 0 Å². The number of nitrogens with two attached hydrogens (primary N) is 1. The number of ether oxygens (including phenoxy) is 1. The van der Waals surface area contributed by atoms with Crippen molar-refractivity contribution in [1.82, 2.24) is 14.7 Å². The Morgan fingerprint density at radius 3 is 2.62 bits per heavy atom. The van der Waals surface area contributed by atoms with Gasteiger partial charge in [0.15, 0.2) is 0 Å². The molecule has 126 valence electrons.